The summed E-state index contributed by atoms with van der Waals surface area (Å²) in [6, 6.07) is 0.403. The fourth-order valence-corrected chi connectivity index (χ4v) is 2.06. The Morgan fingerprint density at radius 2 is 1.94 bits per heavy atom. The first-order valence-electron chi connectivity index (χ1n) is 5.73. The summed E-state index contributed by atoms with van der Waals surface area (Å²) < 4.78 is 4.55. The van der Waals surface area contributed by atoms with E-state index in [1.54, 1.807) is 0 Å². The molecule has 1 amide bonds. The van der Waals surface area contributed by atoms with E-state index in [1.165, 1.54) is 7.11 Å². The van der Waals surface area contributed by atoms with Crippen molar-refractivity contribution in [2.24, 2.45) is 11.7 Å². The third-order valence-electron chi connectivity index (χ3n) is 3.12. The van der Waals surface area contributed by atoms with E-state index in [0.29, 0.717) is 19.0 Å². The molecule has 3 N–H and O–H groups in total. The van der Waals surface area contributed by atoms with Crippen molar-refractivity contribution < 1.29 is 14.3 Å². The smallest absolute Gasteiger partial charge is 0.306 e. The fourth-order valence-electron chi connectivity index (χ4n) is 2.06. The zero-order valence-corrected chi connectivity index (χ0v) is 9.70. The quantitative estimate of drug-likeness (QED) is 0.658. The number of ether oxygens (including phenoxy) is 1. The van der Waals surface area contributed by atoms with E-state index in [4.69, 9.17) is 5.73 Å². The molecule has 5 heteroatoms. The first-order valence-corrected chi connectivity index (χ1v) is 5.73. The van der Waals surface area contributed by atoms with Crippen molar-refractivity contribution in [2.45, 2.75) is 38.1 Å². The topological polar surface area (TPSA) is 81.4 Å². The van der Waals surface area contributed by atoms with Crippen LogP contribution in [0.5, 0.6) is 0 Å². The zero-order valence-electron chi connectivity index (χ0n) is 9.70. The lowest BCUT2D eigenvalue weighted by Gasteiger charge is -2.27. The van der Waals surface area contributed by atoms with Gasteiger partial charge < -0.3 is 15.8 Å². The lowest BCUT2D eigenvalue weighted by atomic mass is 9.85. The number of carbonyl (C=O) groups is 2. The molecule has 1 aliphatic carbocycles. The number of carbonyl (C=O) groups excluding carboxylic acids is 2. The third kappa shape index (κ3) is 4.18. The second kappa shape index (κ2) is 6.48. The molecule has 0 saturated heterocycles. The average molecular weight is 228 g/mol. The molecule has 0 bridgehead atoms. The Hall–Kier alpha value is -1.10. The third-order valence-corrected chi connectivity index (χ3v) is 3.12. The van der Waals surface area contributed by atoms with Gasteiger partial charge in [0.25, 0.3) is 0 Å². The minimum absolute atomic E-state index is 0.0404. The second-order valence-corrected chi connectivity index (χ2v) is 4.23. The number of nitrogens with one attached hydrogen (secondary N) is 1. The molecule has 0 spiro atoms. The fraction of sp³-hybridized carbons (Fsp3) is 0.818. The largest absolute Gasteiger partial charge is 0.469 e. The molecule has 0 aromatic carbocycles. The zero-order chi connectivity index (χ0) is 12.0. The van der Waals surface area contributed by atoms with Gasteiger partial charge in [0, 0.05) is 18.5 Å². The summed E-state index contributed by atoms with van der Waals surface area (Å²) in [5, 5.41) is 3.29. The SMILES string of the molecule is COC(=O)CCNC1CCC(C(N)=O)CC1. The van der Waals surface area contributed by atoms with Gasteiger partial charge in [-0.15, -0.1) is 0 Å². The summed E-state index contributed by atoms with van der Waals surface area (Å²) in [6.07, 6.45) is 4.01. The van der Waals surface area contributed by atoms with Crippen LogP contribution in [0.3, 0.4) is 0 Å². The Bertz CT molecular complexity index is 248. The van der Waals surface area contributed by atoms with Crippen LogP contribution in [0.25, 0.3) is 0 Å². The van der Waals surface area contributed by atoms with E-state index in [9.17, 15) is 9.59 Å². The van der Waals surface area contributed by atoms with Gasteiger partial charge in [-0.1, -0.05) is 0 Å². The molecule has 0 aromatic rings. The number of rotatable bonds is 5. The maximum atomic E-state index is 10.9. The normalized spacial score (nSPS) is 25.1. The van der Waals surface area contributed by atoms with Crippen molar-refractivity contribution >= 4 is 11.9 Å². The number of methoxy groups -OCH3 is 1. The highest BCUT2D eigenvalue weighted by atomic mass is 16.5. The number of esters is 1. The van der Waals surface area contributed by atoms with Gasteiger partial charge in [0.1, 0.15) is 0 Å². The summed E-state index contributed by atoms with van der Waals surface area (Å²) in [5.74, 6) is -0.343. The van der Waals surface area contributed by atoms with Crippen molar-refractivity contribution in [1.29, 1.82) is 0 Å². The molecule has 0 radical (unpaired) electrons. The molecule has 1 aliphatic rings. The molecule has 16 heavy (non-hydrogen) atoms. The van der Waals surface area contributed by atoms with Crippen LogP contribution in [0.15, 0.2) is 0 Å². The summed E-state index contributed by atoms with van der Waals surface area (Å²) in [6.45, 7) is 0.637. The molecular formula is C11H20N2O3. The molecule has 5 nitrogen and oxygen atoms in total. The monoisotopic (exact) mass is 228 g/mol. The van der Waals surface area contributed by atoms with Crippen LogP contribution in [0.2, 0.25) is 0 Å². The van der Waals surface area contributed by atoms with E-state index >= 15 is 0 Å². The van der Waals surface area contributed by atoms with Crippen LogP contribution in [-0.4, -0.2) is 31.6 Å². The Labute approximate surface area is 95.7 Å². The molecule has 92 valence electrons. The van der Waals surface area contributed by atoms with Crippen molar-refractivity contribution in [3.8, 4) is 0 Å². The van der Waals surface area contributed by atoms with E-state index in [2.05, 4.69) is 10.1 Å². The number of hydrogen-bond donors (Lipinski definition) is 2. The molecule has 0 heterocycles. The van der Waals surface area contributed by atoms with Gasteiger partial charge in [0.2, 0.25) is 5.91 Å². The van der Waals surface area contributed by atoms with Gasteiger partial charge in [-0.2, -0.15) is 0 Å². The number of nitrogens with two attached hydrogens (primary N) is 1. The minimum Gasteiger partial charge on any atom is -0.469 e. The maximum absolute atomic E-state index is 10.9. The second-order valence-electron chi connectivity index (χ2n) is 4.23. The van der Waals surface area contributed by atoms with Crippen LogP contribution < -0.4 is 11.1 Å². The van der Waals surface area contributed by atoms with Gasteiger partial charge in [-0.25, -0.2) is 0 Å². The first-order chi connectivity index (χ1) is 7.63. The summed E-state index contributed by atoms with van der Waals surface area (Å²) in [5.41, 5.74) is 5.25. The van der Waals surface area contributed by atoms with E-state index in [0.717, 1.165) is 25.7 Å². The molecule has 0 unspecified atom stereocenters. The van der Waals surface area contributed by atoms with Crippen molar-refractivity contribution in [2.75, 3.05) is 13.7 Å². The predicted octanol–water partition coefficient (Wildman–Crippen LogP) is 0.183. The molecule has 0 atom stereocenters. The van der Waals surface area contributed by atoms with Gasteiger partial charge in [0.05, 0.1) is 13.5 Å². The summed E-state index contributed by atoms with van der Waals surface area (Å²) in [4.78, 5) is 21.8. The first kappa shape index (κ1) is 13.0. The van der Waals surface area contributed by atoms with E-state index in [-0.39, 0.29) is 17.8 Å². The summed E-state index contributed by atoms with van der Waals surface area (Å²) >= 11 is 0. The number of amides is 1. The lowest BCUT2D eigenvalue weighted by Crippen LogP contribution is -2.37. The van der Waals surface area contributed by atoms with E-state index in [1.807, 2.05) is 0 Å². The standard InChI is InChI=1S/C11H20N2O3/c1-16-10(14)6-7-13-9-4-2-8(3-5-9)11(12)15/h8-9,13H,2-7H2,1H3,(H2,12,15). The van der Waals surface area contributed by atoms with Crippen LogP contribution in [0.4, 0.5) is 0 Å². The highest BCUT2D eigenvalue weighted by molar-refractivity contribution is 5.76. The number of hydrogen-bond acceptors (Lipinski definition) is 4. The van der Waals surface area contributed by atoms with Crippen LogP contribution in [0, 0.1) is 5.92 Å². The van der Waals surface area contributed by atoms with E-state index < -0.39 is 0 Å². The Kier molecular flexibility index (Phi) is 5.25. The van der Waals surface area contributed by atoms with Gasteiger partial charge in [-0.3, -0.25) is 9.59 Å². The summed E-state index contributed by atoms with van der Waals surface area (Å²) in [7, 11) is 1.39. The van der Waals surface area contributed by atoms with Crippen molar-refractivity contribution in [1.82, 2.24) is 5.32 Å². The highest BCUT2D eigenvalue weighted by Gasteiger charge is 2.24. The molecule has 1 saturated carbocycles. The Balaban J connectivity index is 2.13. The lowest BCUT2D eigenvalue weighted by molar-refractivity contribution is -0.140. The molecular weight excluding hydrogens is 208 g/mol. The van der Waals surface area contributed by atoms with Gasteiger partial charge >= 0.3 is 5.97 Å². The van der Waals surface area contributed by atoms with Gasteiger partial charge in [-0.05, 0) is 25.7 Å². The van der Waals surface area contributed by atoms with Crippen molar-refractivity contribution in [3.05, 3.63) is 0 Å². The average Bonchev–Trinajstić information content (AvgIpc) is 2.29. The van der Waals surface area contributed by atoms with Crippen LogP contribution in [-0.2, 0) is 14.3 Å². The number of primary amides is 1. The maximum Gasteiger partial charge on any atom is 0.306 e. The highest BCUT2D eigenvalue weighted by Crippen LogP contribution is 2.23. The minimum atomic E-state index is -0.196. The van der Waals surface area contributed by atoms with Crippen molar-refractivity contribution in [3.63, 3.8) is 0 Å². The molecule has 1 rings (SSSR count). The molecule has 0 aliphatic heterocycles. The Morgan fingerprint density at radius 1 is 1.31 bits per heavy atom. The van der Waals surface area contributed by atoms with Crippen LogP contribution in [0.1, 0.15) is 32.1 Å². The molecule has 1 fully saturated rings. The van der Waals surface area contributed by atoms with Crippen LogP contribution >= 0.6 is 0 Å². The Morgan fingerprint density at radius 3 is 2.44 bits per heavy atom. The molecule has 0 aromatic heterocycles. The predicted molar refractivity (Wildman–Crippen MR) is 59.6 cm³/mol. The van der Waals surface area contributed by atoms with Gasteiger partial charge in [0.15, 0.2) is 0 Å².